The van der Waals surface area contributed by atoms with Gasteiger partial charge in [0.15, 0.2) is 0 Å². The van der Waals surface area contributed by atoms with Gasteiger partial charge in [-0.1, -0.05) is 0 Å². The van der Waals surface area contributed by atoms with Gasteiger partial charge in [0, 0.05) is 19.0 Å². The van der Waals surface area contributed by atoms with E-state index >= 15 is 0 Å². The molecule has 0 bridgehead atoms. The molecule has 2 heterocycles. The van der Waals surface area contributed by atoms with Gasteiger partial charge < -0.3 is 15.2 Å². The van der Waals surface area contributed by atoms with Crippen molar-refractivity contribution in [2.75, 3.05) is 19.7 Å². The molecule has 0 aromatic rings. The van der Waals surface area contributed by atoms with Crippen LogP contribution in [0, 0.1) is 5.92 Å². The number of alkyl halides is 5. The Kier molecular flexibility index (Phi) is 3.92. The number of halogens is 5. The van der Waals surface area contributed by atoms with Gasteiger partial charge in [-0.15, -0.1) is 0 Å². The Morgan fingerprint density at radius 2 is 1.82 bits per heavy atom. The van der Waals surface area contributed by atoms with Crippen molar-refractivity contribution in [2.24, 2.45) is 5.92 Å². The highest BCUT2D eigenvalue weighted by Gasteiger charge is 2.55. The lowest BCUT2D eigenvalue weighted by molar-refractivity contribution is -0.284. The molecule has 2 rings (SSSR count). The fraction of sp³-hybridized carbons (Fsp3) is 0.875. The van der Waals surface area contributed by atoms with Crippen LogP contribution in [0.2, 0.25) is 0 Å². The minimum absolute atomic E-state index is 0.0451. The zero-order chi connectivity index (χ0) is 13.3. The van der Waals surface area contributed by atoms with Crippen LogP contribution in [0.15, 0.2) is 0 Å². The summed E-state index contributed by atoms with van der Waals surface area (Å²) in [6.07, 6.45) is -5.88. The molecule has 100 valence electrons. The Balaban J connectivity index is 0.000000185. The van der Waals surface area contributed by atoms with Crippen LogP contribution in [0.1, 0.15) is 0 Å². The van der Waals surface area contributed by atoms with E-state index in [-0.39, 0.29) is 12.5 Å². The van der Waals surface area contributed by atoms with E-state index in [9.17, 15) is 22.0 Å². The summed E-state index contributed by atoms with van der Waals surface area (Å²) < 4.78 is 61.5. The monoisotopic (exact) mass is 263 g/mol. The predicted octanol–water partition coefficient (Wildman–Crippen LogP) is 0.873. The maximum absolute atomic E-state index is 12.5. The molecule has 1 atom stereocenters. The quantitative estimate of drug-likeness (QED) is 0.689. The van der Waals surface area contributed by atoms with E-state index in [1.807, 2.05) is 0 Å². The Bertz CT molecular complexity index is 289. The highest BCUT2D eigenvalue weighted by molar-refractivity contribution is 5.73. The first-order chi connectivity index (χ1) is 7.64. The minimum atomic E-state index is -5.08. The number of rotatable bonds is 1. The average molecular weight is 263 g/mol. The highest BCUT2D eigenvalue weighted by atomic mass is 19.4. The fourth-order valence-electron chi connectivity index (χ4n) is 1.31. The van der Waals surface area contributed by atoms with Crippen molar-refractivity contribution in [3.8, 4) is 0 Å². The Labute approximate surface area is 92.7 Å². The lowest BCUT2D eigenvalue weighted by Crippen LogP contribution is -2.63. The number of hydrogen-bond donors (Lipinski definition) is 2. The predicted molar refractivity (Wildman–Crippen MR) is 44.7 cm³/mol. The van der Waals surface area contributed by atoms with Crippen LogP contribution >= 0.6 is 0 Å². The van der Waals surface area contributed by atoms with Crippen molar-refractivity contribution in [3.63, 3.8) is 0 Å². The molecule has 9 heteroatoms. The van der Waals surface area contributed by atoms with Crippen LogP contribution in [-0.2, 0) is 9.53 Å². The molecule has 0 radical (unpaired) electrons. The van der Waals surface area contributed by atoms with E-state index in [4.69, 9.17) is 14.6 Å². The smallest absolute Gasteiger partial charge is 0.475 e. The standard InChI is InChI=1S/C6H9F2NO.C2HF3O2/c7-6(8)3-10-5(6)4-1-9-2-4;3-2(4,5)1(6)7/h4-5,9H,1-3H2;(H,6,7). The Morgan fingerprint density at radius 1 is 1.35 bits per heavy atom. The largest absolute Gasteiger partial charge is 0.490 e. The first-order valence-corrected chi connectivity index (χ1v) is 4.65. The van der Waals surface area contributed by atoms with Crippen LogP contribution in [0.25, 0.3) is 0 Å². The maximum atomic E-state index is 12.5. The van der Waals surface area contributed by atoms with Gasteiger partial charge in [-0.2, -0.15) is 13.2 Å². The van der Waals surface area contributed by atoms with Crippen molar-refractivity contribution < 1.29 is 36.6 Å². The van der Waals surface area contributed by atoms with Gasteiger partial charge in [0.05, 0.1) is 0 Å². The Hall–Kier alpha value is -0.960. The molecule has 0 amide bonds. The van der Waals surface area contributed by atoms with Crippen molar-refractivity contribution in [2.45, 2.75) is 18.2 Å². The topological polar surface area (TPSA) is 58.6 Å². The molecular weight excluding hydrogens is 253 g/mol. The molecule has 0 aromatic heterocycles. The number of carbonyl (C=O) groups is 1. The van der Waals surface area contributed by atoms with E-state index < -0.39 is 24.2 Å². The molecular formula is C8H10F5NO3. The molecule has 0 saturated carbocycles. The molecule has 2 aliphatic heterocycles. The fourth-order valence-corrected chi connectivity index (χ4v) is 1.31. The zero-order valence-corrected chi connectivity index (χ0v) is 8.43. The summed E-state index contributed by atoms with van der Waals surface area (Å²) in [4.78, 5) is 8.90. The van der Waals surface area contributed by atoms with E-state index in [0.29, 0.717) is 13.1 Å². The number of nitrogens with one attached hydrogen (secondary N) is 1. The van der Waals surface area contributed by atoms with Gasteiger partial charge in [0.25, 0.3) is 5.92 Å². The van der Waals surface area contributed by atoms with Gasteiger partial charge in [0.1, 0.15) is 12.7 Å². The van der Waals surface area contributed by atoms with Gasteiger partial charge in [-0.25, -0.2) is 13.6 Å². The van der Waals surface area contributed by atoms with E-state index in [1.54, 1.807) is 0 Å². The lowest BCUT2D eigenvalue weighted by atomic mass is 9.89. The number of ether oxygens (including phenoxy) is 1. The third-order valence-electron chi connectivity index (χ3n) is 2.36. The molecule has 2 fully saturated rings. The van der Waals surface area contributed by atoms with E-state index in [1.165, 1.54) is 0 Å². The number of carboxylic acid groups (broad SMARTS) is 1. The summed E-state index contributed by atoms with van der Waals surface area (Å²) in [5.41, 5.74) is 0. The Morgan fingerprint density at radius 3 is 1.88 bits per heavy atom. The number of aliphatic carboxylic acids is 1. The number of hydrogen-bond acceptors (Lipinski definition) is 3. The van der Waals surface area contributed by atoms with Crippen LogP contribution in [0.5, 0.6) is 0 Å². The summed E-state index contributed by atoms with van der Waals surface area (Å²) in [5, 5.41) is 10.1. The second-order valence-electron chi connectivity index (χ2n) is 3.71. The number of carboxylic acids is 1. The van der Waals surface area contributed by atoms with Crippen molar-refractivity contribution in [3.05, 3.63) is 0 Å². The SMILES string of the molecule is FC1(F)COC1C1CNC1.O=C(O)C(F)(F)F. The van der Waals surface area contributed by atoms with Crippen LogP contribution in [0.3, 0.4) is 0 Å². The first-order valence-electron chi connectivity index (χ1n) is 4.65. The molecule has 2 aliphatic rings. The molecule has 1 unspecified atom stereocenters. The summed E-state index contributed by atoms with van der Waals surface area (Å²) >= 11 is 0. The molecule has 2 saturated heterocycles. The van der Waals surface area contributed by atoms with Crippen molar-refractivity contribution in [1.82, 2.24) is 5.32 Å². The third-order valence-corrected chi connectivity index (χ3v) is 2.36. The lowest BCUT2D eigenvalue weighted by Gasteiger charge is -2.45. The molecule has 0 aliphatic carbocycles. The van der Waals surface area contributed by atoms with Gasteiger partial charge in [-0.3, -0.25) is 0 Å². The second-order valence-corrected chi connectivity index (χ2v) is 3.71. The van der Waals surface area contributed by atoms with Gasteiger partial charge >= 0.3 is 12.1 Å². The average Bonchev–Trinajstić information content (AvgIpc) is 2.09. The molecule has 2 N–H and O–H groups in total. The molecule has 4 nitrogen and oxygen atoms in total. The summed E-state index contributed by atoms with van der Waals surface area (Å²) in [5.74, 6) is -5.26. The maximum Gasteiger partial charge on any atom is 0.490 e. The highest BCUT2D eigenvalue weighted by Crippen LogP contribution is 2.37. The third kappa shape index (κ3) is 3.50. The van der Waals surface area contributed by atoms with Crippen molar-refractivity contribution >= 4 is 5.97 Å². The summed E-state index contributed by atoms with van der Waals surface area (Å²) in [7, 11) is 0. The van der Waals surface area contributed by atoms with Gasteiger partial charge in [0.2, 0.25) is 0 Å². The van der Waals surface area contributed by atoms with Crippen LogP contribution in [-0.4, -0.2) is 49.0 Å². The van der Waals surface area contributed by atoms with Crippen LogP contribution in [0.4, 0.5) is 22.0 Å². The molecule has 0 aromatic carbocycles. The van der Waals surface area contributed by atoms with Gasteiger partial charge in [-0.05, 0) is 0 Å². The van der Waals surface area contributed by atoms with Crippen molar-refractivity contribution in [1.29, 1.82) is 0 Å². The minimum Gasteiger partial charge on any atom is -0.475 e. The summed E-state index contributed by atoms with van der Waals surface area (Å²) in [6.45, 7) is 0.981. The van der Waals surface area contributed by atoms with E-state index in [2.05, 4.69) is 5.32 Å². The van der Waals surface area contributed by atoms with Crippen LogP contribution < -0.4 is 5.32 Å². The molecule has 0 spiro atoms. The van der Waals surface area contributed by atoms with E-state index in [0.717, 1.165) is 0 Å². The zero-order valence-electron chi connectivity index (χ0n) is 8.43. The normalized spacial score (nSPS) is 27.2. The first kappa shape index (κ1) is 14.1. The molecule has 17 heavy (non-hydrogen) atoms. The summed E-state index contributed by atoms with van der Waals surface area (Å²) in [6, 6.07) is 0. The second kappa shape index (κ2) is 4.73.